The van der Waals surface area contributed by atoms with Crippen LogP contribution in [0.2, 0.25) is 0 Å². The molecule has 0 aliphatic carbocycles. The third kappa shape index (κ3) is 5.13. The molecule has 3 rings (SSSR count). The molecule has 3 aromatic rings. The summed E-state index contributed by atoms with van der Waals surface area (Å²) in [5.74, 6) is 1.18. The Labute approximate surface area is 166 Å². The van der Waals surface area contributed by atoms with Gasteiger partial charge in [0.1, 0.15) is 22.8 Å². The minimum absolute atomic E-state index is 0.250. The Balaban J connectivity index is 1.59. The van der Waals surface area contributed by atoms with E-state index in [1.165, 1.54) is 12.3 Å². The molecule has 0 radical (unpaired) electrons. The third-order valence-electron chi connectivity index (χ3n) is 4.07. The molecule has 0 saturated heterocycles. The number of amides is 1. The second-order valence-corrected chi connectivity index (χ2v) is 6.13. The van der Waals surface area contributed by atoms with E-state index in [0.29, 0.717) is 28.4 Å². The van der Waals surface area contributed by atoms with Crippen molar-refractivity contribution in [2.75, 3.05) is 20.8 Å². The van der Waals surface area contributed by atoms with E-state index in [1.54, 1.807) is 50.6 Å². The van der Waals surface area contributed by atoms with Crippen molar-refractivity contribution < 1.29 is 23.4 Å². The Kier molecular flexibility index (Phi) is 6.13. The number of hydrogen-bond acceptors (Lipinski definition) is 7. The first-order valence-corrected chi connectivity index (χ1v) is 8.71. The molecule has 0 fully saturated rings. The lowest BCUT2D eigenvalue weighted by Gasteiger charge is -2.07. The number of nitrogens with one attached hydrogen (secondary N) is 1. The highest BCUT2D eigenvalue weighted by molar-refractivity contribution is 5.84. The third-order valence-corrected chi connectivity index (χ3v) is 4.07. The van der Waals surface area contributed by atoms with Crippen molar-refractivity contribution in [2.24, 2.45) is 5.10 Å². The van der Waals surface area contributed by atoms with Crippen molar-refractivity contribution in [3.05, 3.63) is 64.0 Å². The molecule has 0 bridgehead atoms. The van der Waals surface area contributed by atoms with Crippen molar-refractivity contribution in [3.63, 3.8) is 0 Å². The smallest absolute Gasteiger partial charge is 0.336 e. The molecule has 0 saturated carbocycles. The van der Waals surface area contributed by atoms with Crippen molar-refractivity contribution in [1.29, 1.82) is 0 Å². The minimum Gasteiger partial charge on any atom is -0.497 e. The zero-order chi connectivity index (χ0) is 20.8. The van der Waals surface area contributed by atoms with Crippen molar-refractivity contribution >= 4 is 23.1 Å². The van der Waals surface area contributed by atoms with Gasteiger partial charge in [-0.1, -0.05) is 0 Å². The van der Waals surface area contributed by atoms with Crippen LogP contribution in [0.4, 0.5) is 0 Å². The lowest BCUT2D eigenvalue weighted by atomic mass is 10.1. The van der Waals surface area contributed by atoms with E-state index in [2.05, 4.69) is 10.5 Å². The number of benzene rings is 2. The number of fused-ring (bicyclic) bond motifs is 1. The summed E-state index contributed by atoms with van der Waals surface area (Å²) in [6.45, 7) is 1.57. The van der Waals surface area contributed by atoms with Crippen molar-refractivity contribution in [1.82, 2.24) is 5.43 Å². The molecule has 8 nitrogen and oxygen atoms in total. The van der Waals surface area contributed by atoms with Crippen LogP contribution in [0.25, 0.3) is 11.0 Å². The fourth-order valence-electron chi connectivity index (χ4n) is 2.66. The molecule has 1 amide bonds. The lowest BCUT2D eigenvalue weighted by Crippen LogP contribution is -2.24. The highest BCUT2D eigenvalue weighted by atomic mass is 16.5. The van der Waals surface area contributed by atoms with E-state index >= 15 is 0 Å². The van der Waals surface area contributed by atoms with Gasteiger partial charge in [-0.25, -0.2) is 10.2 Å². The van der Waals surface area contributed by atoms with Crippen LogP contribution in [0.1, 0.15) is 11.1 Å². The monoisotopic (exact) mass is 396 g/mol. The first-order valence-electron chi connectivity index (χ1n) is 8.71. The molecule has 1 N–H and O–H groups in total. The molecule has 8 heteroatoms. The van der Waals surface area contributed by atoms with Crippen LogP contribution in [-0.4, -0.2) is 32.9 Å². The van der Waals surface area contributed by atoms with E-state index in [1.807, 2.05) is 6.92 Å². The maximum atomic E-state index is 12.0. The highest BCUT2D eigenvalue weighted by Gasteiger charge is 2.06. The predicted molar refractivity (Wildman–Crippen MR) is 108 cm³/mol. The number of hydrogen-bond donors (Lipinski definition) is 1. The van der Waals surface area contributed by atoms with Crippen LogP contribution in [-0.2, 0) is 4.79 Å². The van der Waals surface area contributed by atoms with Gasteiger partial charge in [-0.15, -0.1) is 0 Å². The van der Waals surface area contributed by atoms with Gasteiger partial charge in [-0.3, -0.25) is 4.79 Å². The first-order chi connectivity index (χ1) is 14.0. The quantitative estimate of drug-likeness (QED) is 0.374. The summed E-state index contributed by atoms with van der Waals surface area (Å²) >= 11 is 0. The second kappa shape index (κ2) is 8.92. The summed E-state index contributed by atoms with van der Waals surface area (Å²) in [7, 11) is 3.10. The maximum absolute atomic E-state index is 12.0. The average Bonchev–Trinajstić information content (AvgIpc) is 2.71. The molecule has 2 aromatic carbocycles. The minimum atomic E-state index is -0.443. The molecule has 150 valence electrons. The van der Waals surface area contributed by atoms with E-state index in [0.717, 1.165) is 10.9 Å². The Morgan fingerprint density at radius 2 is 1.79 bits per heavy atom. The van der Waals surface area contributed by atoms with Gasteiger partial charge in [0.25, 0.3) is 5.91 Å². The predicted octanol–water partition coefficient (Wildman–Crippen LogP) is 2.65. The van der Waals surface area contributed by atoms with Gasteiger partial charge in [0, 0.05) is 29.1 Å². The van der Waals surface area contributed by atoms with Crippen molar-refractivity contribution in [2.45, 2.75) is 6.92 Å². The number of rotatable bonds is 7. The Morgan fingerprint density at radius 3 is 2.48 bits per heavy atom. The number of aryl methyl sites for hydroxylation is 1. The Bertz CT molecular complexity index is 1100. The van der Waals surface area contributed by atoms with E-state index < -0.39 is 11.5 Å². The van der Waals surface area contributed by atoms with Crippen LogP contribution >= 0.6 is 0 Å². The van der Waals surface area contributed by atoms with Gasteiger partial charge in [0.2, 0.25) is 0 Å². The van der Waals surface area contributed by atoms with Gasteiger partial charge < -0.3 is 18.6 Å². The summed E-state index contributed by atoms with van der Waals surface area (Å²) < 4.78 is 21.0. The molecule has 0 spiro atoms. The van der Waals surface area contributed by atoms with Gasteiger partial charge in [-0.05, 0) is 36.8 Å². The number of carbonyl (C=O) groups excluding carboxylic acids is 1. The number of carbonyl (C=O) groups is 1. The Hall–Kier alpha value is -3.81. The number of hydrazone groups is 1. The number of methoxy groups -OCH3 is 2. The molecule has 1 heterocycles. The van der Waals surface area contributed by atoms with Gasteiger partial charge >= 0.3 is 5.63 Å². The summed E-state index contributed by atoms with van der Waals surface area (Å²) in [6, 6.07) is 11.7. The SMILES string of the molecule is COc1cc(/C=N\NC(=O)COc2ccc3c(C)cc(=O)oc3c2)cc(OC)c1. The Morgan fingerprint density at radius 1 is 1.07 bits per heavy atom. The maximum Gasteiger partial charge on any atom is 0.336 e. The van der Waals surface area contributed by atoms with Crippen LogP contribution in [0.3, 0.4) is 0 Å². The van der Waals surface area contributed by atoms with Gasteiger partial charge in [0.05, 0.1) is 20.4 Å². The van der Waals surface area contributed by atoms with Crippen LogP contribution in [0.15, 0.2) is 56.8 Å². The van der Waals surface area contributed by atoms with Gasteiger partial charge in [0.15, 0.2) is 6.61 Å². The molecule has 0 aliphatic rings. The molecule has 0 unspecified atom stereocenters. The number of nitrogens with zero attached hydrogens (tertiary/aromatic N) is 1. The fraction of sp³-hybridized carbons (Fsp3) is 0.190. The summed E-state index contributed by atoms with van der Waals surface area (Å²) in [5, 5.41) is 4.71. The van der Waals surface area contributed by atoms with Crippen molar-refractivity contribution in [3.8, 4) is 17.2 Å². The largest absolute Gasteiger partial charge is 0.497 e. The fourth-order valence-corrected chi connectivity index (χ4v) is 2.66. The van der Waals surface area contributed by atoms with E-state index in [4.69, 9.17) is 18.6 Å². The zero-order valence-electron chi connectivity index (χ0n) is 16.2. The first kappa shape index (κ1) is 19.9. The zero-order valence-corrected chi connectivity index (χ0v) is 16.2. The number of ether oxygens (including phenoxy) is 3. The molecule has 29 heavy (non-hydrogen) atoms. The topological polar surface area (TPSA) is 99.4 Å². The summed E-state index contributed by atoms with van der Waals surface area (Å²) in [5.41, 5.74) is 3.85. The van der Waals surface area contributed by atoms with Crippen LogP contribution in [0.5, 0.6) is 17.2 Å². The highest BCUT2D eigenvalue weighted by Crippen LogP contribution is 2.22. The average molecular weight is 396 g/mol. The normalized spacial score (nSPS) is 10.9. The molecule has 0 atom stereocenters. The summed E-state index contributed by atoms with van der Waals surface area (Å²) in [4.78, 5) is 23.4. The second-order valence-electron chi connectivity index (χ2n) is 6.13. The molecular formula is C21H20N2O6. The molecular weight excluding hydrogens is 376 g/mol. The lowest BCUT2D eigenvalue weighted by molar-refractivity contribution is -0.123. The molecule has 0 aliphatic heterocycles. The molecule has 1 aromatic heterocycles. The van der Waals surface area contributed by atoms with E-state index in [-0.39, 0.29) is 6.61 Å². The standard InChI is InChI=1S/C21H20N2O6/c1-13-6-21(25)29-19-10-15(4-5-18(13)19)28-12-20(24)23-22-11-14-7-16(26-2)9-17(8-14)27-3/h4-11H,12H2,1-3H3,(H,23,24)/b22-11-. The van der Waals surface area contributed by atoms with Gasteiger partial charge in [-0.2, -0.15) is 5.10 Å². The van der Waals surface area contributed by atoms with E-state index in [9.17, 15) is 9.59 Å². The van der Waals surface area contributed by atoms with Crippen LogP contribution in [0, 0.1) is 6.92 Å². The summed E-state index contributed by atoms with van der Waals surface area (Å²) in [6.07, 6.45) is 1.47. The van der Waals surface area contributed by atoms with Crippen LogP contribution < -0.4 is 25.3 Å².